The number of hydrogen-bond acceptors (Lipinski definition) is 5. The lowest BCUT2D eigenvalue weighted by atomic mass is 9.94. The number of rotatable bonds is 8. The maximum absolute atomic E-state index is 13.6. The molecule has 0 bridgehead atoms. The molecule has 2 aliphatic rings. The first-order valence-electron chi connectivity index (χ1n) is 12.8. The molecule has 0 radical (unpaired) electrons. The van der Waals surface area contributed by atoms with E-state index in [1.807, 2.05) is 62.4 Å². The molecule has 192 valence electrons. The summed E-state index contributed by atoms with van der Waals surface area (Å²) < 4.78 is 11.6. The maximum Gasteiger partial charge on any atom is 0.263 e. The molecule has 2 heterocycles. The van der Waals surface area contributed by atoms with Crippen molar-refractivity contribution in [1.29, 1.82) is 0 Å². The monoisotopic (exact) mass is 493 g/mol. The van der Waals surface area contributed by atoms with Crippen molar-refractivity contribution in [2.75, 3.05) is 31.1 Å². The number of nitrogens with zero attached hydrogens (tertiary/aromatic N) is 2. The Morgan fingerprint density at radius 3 is 2.36 bits per heavy atom. The van der Waals surface area contributed by atoms with Gasteiger partial charge in [0, 0.05) is 25.0 Å². The van der Waals surface area contributed by atoms with Crippen molar-refractivity contribution in [3.8, 4) is 11.5 Å². The average Bonchev–Trinajstić information content (AvgIpc) is 2.94. The number of piperidine rings is 1. The summed E-state index contributed by atoms with van der Waals surface area (Å²) in [5.41, 5.74) is 0.684. The molecule has 1 fully saturated rings. The minimum atomic E-state index is -0.763. The third-order valence-corrected chi connectivity index (χ3v) is 6.97. The molecule has 3 amide bonds. The number of fused-ring (bicyclic) bond motifs is 1. The van der Waals surface area contributed by atoms with Gasteiger partial charge < -0.3 is 24.6 Å². The first kappa shape index (κ1) is 25.5. The van der Waals surface area contributed by atoms with E-state index in [2.05, 4.69) is 5.32 Å². The lowest BCUT2D eigenvalue weighted by molar-refractivity contribution is -0.137. The highest BCUT2D eigenvalue weighted by Crippen LogP contribution is 2.35. The molecule has 0 spiro atoms. The van der Waals surface area contributed by atoms with Crippen LogP contribution in [-0.4, -0.2) is 61.0 Å². The van der Waals surface area contributed by atoms with E-state index in [-0.39, 0.29) is 42.8 Å². The summed E-state index contributed by atoms with van der Waals surface area (Å²) in [5.74, 6) is 0.656. The van der Waals surface area contributed by atoms with Crippen molar-refractivity contribution in [1.82, 2.24) is 10.2 Å². The summed E-state index contributed by atoms with van der Waals surface area (Å²) in [4.78, 5) is 42.6. The second-order valence-electron chi connectivity index (χ2n) is 9.30. The van der Waals surface area contributed by atoms with Gasteiger partial charge in [0.2, 0.25) is 5.91 Å². The summed E-state index contributed by atoms with van der Waals surface area (Å²) in [7, 11) is 0. The number of amides is 3. The molecule has 8 nitrogen and oxygen atoms in total. The second kappa shape index (κ2) is 11.9. The standard InChI is InChI=1S/C28H35N3O5/c1-3-21(4-2)29-27(33)25-18-31(23-12-8-9-13-24(23)36-25)28(34)20-14-16-30(17-15-20)26(32)19-35-22-10-6-5-7-11-22/h5-13,20-21,25H,3-4,14-19H2,1-2H3,(H,29,33). The molecule has 1 unspecified atom stereocenters. The highest BCUT2D eigenvalue weighted by Gasteiger charge is 2.38. The zero-order valence-corrected chi connectivity index (χ0v) is 21.0. The molecule has 2 aromatic carbocycles. The van der Waals surface area contributed by atoms with Crippen molar-refractivity contribution in [2.45, 2.75) is 51.7 Å². The van der Waals surface area contributed by atoms with Gasteiger partial charge in [-0.2, -0.15) is 0 Å². The SMILES string of the molecule is CCC(CC)NC(=O)C1CN(C(=O)C2CCN(C(=O)COc3ccccc3)CC2)c2ccccc2O1. The van der Waals surface area contributed by atoms with Gasteiger partial charge in [0.1, 0.15) is 11.5 Å². The van der Waals surface area contributed by atoms with Crippen LogP contribution in [0, 0.1) is 5.92 Å². The number of ether oxygens (including phenoxy) is 2. The van der Waals surface area contributed by atoms with Crippen molar-refractivity contribution in [3.05, 3.63) is 54.6 Å². The molecule has 1 N–H and O–H groups in total. The Labute approximate surface area is 212 Å². The molecular weight excluding hydrogens is 458 g/mol. The van der Waals surface area contributed by atoms with Gasteiger partial charge >= 0.3 is 0 Å². The molecular formula is C28H35N3O5. The summed E-state index contributed by atoms with van der Waals surface area (Å²) in [6.45, 7) is 5.22. The van der Waals surface area contributed by atoms with Crippen LogP contribution < -0.4 is 19.7 Å². The normalized spacial score (nSPS) is 17.8. The Bertz CT molecular complexity index is 1050. The van der Waals surface area contributed by atoms with Crippen molar-refractivity contribution in [2.24, 2.45) is 5.92 Å². The van der Waals surface area contributed by atoms with Crippen molar-refractivity contribution in [3.63, 3.8) is 0 Å². The fourth-order valence-corrected chi connectivity index (χ4v) is 4.72. The van der Waals surface area contributed by atoms with Gasteiger partial charge in [-0.3, -0.25) is 14.4 Å². The number of anilines is 1. The predicted octanol–water partition coefficient (Wildman–Crippen LogP) is 3.40. The summed E-state index contributed by atoms with van der Waals surface area (Å²) >= 11 is 0. The first-order valence-corrected chi connectivity index (χ1v) is 12.8. The van der Waals surface area contributed by atoms with Crippen LogP contribution in [0.25, 0.3) is 0 Å². The minimum Gasteiger partial charge on any atom is -0.484 e. The molecule has 8 heteroatoms. The molecule has 2 aliphatic heterocycles. The number of nitrogens with one attached hydrogen (secondary N) is 1. The molecule has 4 rings (SSSR count). The largest absolute Gasteiger partial charge is 0.484 e. The van der Waals surface area contributed by atoms with E-state index in [1.54, 1.807) is 15.9 Å². The highest BCUT2D eigenvalue weighted by atomic mass is 16.5. The number of para-hydroxylation sites is 3. The van der Waals surface area contributed by atoms with Crippen LogP contribution in [0.15, 0.2) is 54.6 Å². The van der Waals surface area contributed by atoms with Crippen LogP contribution in [0.4, 0.5) is 5.69 Å². The van der Waals surface area contributed by atoms with Gasteiger partial charge in [0.15, 0.2) is 12.7 Å². The summed E-state index contributed by atoms with van der Waals surface area (Å²) in [6, 6.07) is 16.7. The third kappa shape index (κ3) is 5.98. The average molecular weight is 494 g/mol. The lowest BCUT2D eigenvalue weighted by Crippen LogP contribution is -2.54. The first-order chi connectivity index (χ1) is 17.5. The van der Waals surface area contributed by atoms with E-state index in [4.69, 9.17) is 9.47 Å². The fourth-order valence-electron chi connectivity index (χ4n) is 4.72. The van der Waals surface area contributed by atoms with Gasteiger partial charge in [-0.15, -0.1) is 0 Å². The summed E-state index contributed by atoms with van der Waals surface area (Å²) in [5, 5.41) is 3.04. The van der Waals surface area contributed by atoms with Crippen LogP contribution in [0.2, 0.25) is 0 Å². The minimum absolute atomic E-state index is 0.0211. The van der Waals surface area contributed by atoms with E-state index < -0.39 is 6.10 Å². The van der Waals surface area contributed by atoms with Crippen molar-refractivity contribution < 1.29 is 23.9 Å². The highest BCUT2D eigenvalue weighted by molar-refractivity contribution is 5.98. The van der Waals surface area contributed by atoms with Gasteiger partial charge in [-0.1, -0.05) is 44.2 Å². The molecule has 36 heavy (non-hydrogen) atoms. The molecule has 0 saturated carbocycles. The quantitative estimate of drug-likeness (QED) is 0.609. The number of carbonyl (C=O) groups is 3. The van der Waals surface area contributed by atoms with Crippen LogP contribution in [-0.2, 0) is 14.4 Å². The predicted molar refractivity (Wildman–Crippen MR) is 137 cm³/mol. The number of likely N-dealkylation sites (tertiary alicyclic amines) is 1. The second-order valence-corrected chi connectivity index (χ2v) is 9.30. The topological polar surface area (TPSA) is 88.2 Å². The van der Waals surface area contributed by atoms with Crippen LogP contribution >= 0.6 is 0 Å². The van der Waals surface area contributed by atoms with E-state index >= 15 is 0 Å². The van der Waals surface area contributed by atoms with Crippen LogP contribution in [0.5, 0.6) is 11.5 Å². The molecule has 1 saturated heterocycles. The zero-order chi connectivity index (χ0) is 25.5. The third-order valence-electron chi connectivity index (χ3n) is 6.97. The fraction of sp³-hybridized carbons (Fsp3) is 0.464. The maximum atomic E-state index is 13.6. The Morgan fingerprint density at radius 1 is 1.00 bits per heavy atom. The zero-order valence-electron chi connectivity index (χ0n) is 21.0. The van der Waals surface area contributed by atoms with Gasteiger partial charge in [0.25, 0.3) is 11.8 Å². The van der Waals surface area contributed by atoms with Gasteiger partial charge in [-0.25, -0.2) is 0 Å². The smallest absolute Gasteiger partial charge is 0.263 e. The molecule has 0 aliphatic carbocycles. The Kier molecular flexibility index (Phi) is 8.46. The van der Waals surface area contributed by atoms with E-state index in [0.717, 1.165) is 12.8 Å². The van der Waals surface area contributed by atoms with Crippen LogP contribution in [0.1, 0.15) is 39.5 Å². The Morgan fingerprint density at radius 2 is 1.67 bits per heavy atom. The Balaban J connectivity index is 1.37. The van der Waals surface area contributed by atoms with E-state index in [0.29, 0.717) is 43.1 Å². The van der Waals surface area contributed by atoms with E-state index in [1.165, 1.54) is 0 Å². The molecule has 2 aromatic rings. The van der Waals surface area contributed by atoms with E-state index in [9.17, 15) is 14.4 Å². The van der Waals surface area contributed by atoms with Gasteiger partial charge in [0.05, 0.1) is 12.2 Å². The molecule has 1 atom stereocenters. The number of carbonyl (C=O) groups excluding carboxylic acids is 3. The Hall–Kier alpha value is -3.55. The van der Waals surface area contributed by atoms with Gasteiger partial charge in [-0.05, 0) is 49.9 Å². The van der Waals surface area contributed by atoms with Crippen LogP contribution in [0.3, 0.4) is 0 Å². The van der Waals surface area contributed by atoms with Crippen molar-refractivity contribution >= 4 is 23.4 Å². The molecule has 0 aromatic heterocycles. The number of hydrogen-bond donors (Lipinski definition) is 1. The lowest BCUT2D eigenvalue weighted by Gasteiger charge is -2.38. The number of benzene rings is 2. The summed E-state index contributed by atoms with van der Waals surface area (Å²) in [6.07, 6.45) is 2.05.